The van der Waals surface area contributed by atoms with Crippen LogP contribution in [0, 0.1) is 6.92 Å². The zero-order valence-corrected chi connectivity index (χ0v) is 14.1. The van der Waals surface area contributed by atoms with Crippen molar-refractivity contribution in [3.8, 4) is 0 Å². The van der Waals surface area contributed by atoms with Gasteiger partial charge in [0.25, 0.3) is 0 Å². The first-order valence-corrected chi connectivity index (χ1v) is 9.30. The number of amides is 1. The Morgan fingerprint density at radius 3 is 2.41 bits per heavy atom. The van der Waals surface area contributed by atoms with Crippen LogP contribution in [0.3, 0.4) is 0 Å². The van der Waals surface area contributed by atoms with E-state index in [2.05, 4.69) is 5.32 Å². The second-order valence-electron chi connectivity index (χ2n) is 5.70. The van der Waals surface area contributed by atoms with Gasteiger partial charge in [-0.1, -0.05) is 25.8 Å². The molecule has 1 N–H and O–H groups in total. The van der Waals surface area contributed by atoms with Crippen molar-refractivity contribution in [2.24, 2.45) is 0 Å². The highest BCUT2D eigenvalue weighted by molar-refractivity contribution is 7.89. The number of sulfonamides is 1. The Labute approximate surface area is 132 Å². The zero-order valence-electron chi connectivity index (χ0n) is 13.3. The van der Waals surface area contributed by atoms with Gasteiger partial charge >= 0.3 is 0 Å². The van der Waals surface area contributed by atoms with Crippen LogP contribution >= 0.6 is 0 Å². The van der Waals surface area contributed by atoms with E-state index in [1.807, 2.05) is 0 Å². The van der Waals surface area contributed by atoms with Gasteiger partial charge in [-0.2, -0.15) is 4.31 Å². The summed E-state index contributed by atoms with van der Waals surface area (Å²) in [6.07, 6.45) is 4.34. The van der Waals surface area contributed by atoms with Crippen LogP contribution in [0.15, 0.2) is 23.1 Å². The molecule has 1 saturated heterocycles. The zero-order chi connectivity index (χ0) is 16.2. The molecule has 1 aromatic rings. The van der Waals surface area contributed by atoms with Crippen molar-refractivity contribution >= 4 is 21.6 Å². The van der Waals surface area contributed by atoms with Crippen molar-refractivity contribution in [1.82, 2.24) is 4.31 Å². The van der Waals surface area contributed by atoms with E-state index in [0.29, 0.717) is 35.7 Å². The predicted molar refractivity (Wildman–Crippen MR) is 87.3 cm³/mol. The molecule has 0 spiro atoms. The van der Waals surface area contributed by atoms with Gasteiger partial charge in [-0.25, -0.2) is 8.42 Å². The molecule has 0 bridgehead atoms. The van der Waals surface area contributed by atoms with E-state index in [9.17, 15) is 13.2 Å². The highest BCUT2D eigenvalue weighted by Crippen LogP contribution is 2.25. The Kier molecular flexibility index (Phi) is 5.58. The number of nitrogens with zero attached hydrogens (tertiary/aromatic N) is 1. The van der Waals surface area contributed by atoms with E-state index in [1.54, 1.807) is 36.4 Å². The van der Waals surface area contributed by atoms with E-state index >= 15 is 0 Å². The Bertz CT molecular complexity index is 633. The van der Waals surface area contributed by atoms with Crippen LogP contribution in [0.5, 0.6) is 0 Å². The van der Waals surface area contributed by atoms with Crippen molar-refractivity contribution in [2.45, 2.75) is 50.8 Å². The SMILES string of the molecule is CCC(=O)Nc1ccc(C)c(S(=O)(=O)N2CCCCCC2)c1. The second-order valence-corrected chi connectivity index (χ2v) is 7.61. The number of hydrogen-bond acceptors (Lipinski definition) is 3. The van der Waals surface area contributed by atoms with Crippen molar-refractivity contribution in [3.63, 3.8) is 0 Å². The summed E-state index contributed by atoms with van der Waals surface area (Å²) >= 11 is 0. The van der Waals surface area contributed by atoms with E-state index in [0.717, 1.165) is 25.7 Å². The van der Waals surface area contributed by atoms with Crippen molar-refractivity contribution in [3.05, 3.63) is 23.8 Å². The summed E-state index contributed by atoms with van der Waals surface area (Å²) in [4.78, 5) is 11.8. The quantitative estimate of drug-likeness (QED) is 0.926. The average molecular weight is 324 g/mol. The Morgan fingerprint density at radius 2 is 1.82 bits per heavy atom. The van der Waals surface area contributed by atoms with E-state index in [1.165, 1.54) is 0 Å². The standard InChI is InChI=1S/C16H24N2O3S/c1-3-16(19)17-14-9-8-13(2)15(12-14)22(20,21)18-10-6-4-5-7-11-18/h8-9,12H,3-7,10-11H2,1-2H3,(H,17,19). The molecule has 0 unspecified atom stereocenters. The molecule has 1 aliphatic rings. The number of benzene rings is 1. The first kappa shape index (κ1) is 17.0. The third kappa shape index (κ3) is 3.87. The number of hydrogen-bond donors (Lipinski definition) is 1. The lowest BCUT2D eigenvalue weighted by molar-refractivity contribution is -0.115. The number of anilines is 1. The topological polar surface area (TPSA) is 66.5 Å². The summed E-state index contributed by atoms with van der Waals surface area (Å²) in [6.45, 7) is 4.70. The molecule has 1 aliphatic heterocycles. The fraction of sp³-hybridized carbons (Fsp3) is 0.562. The molecule has 1 aromatic carbocycles. The maximum atomic E-state index is 12.9. The smallest absolute Gasteiger partial charge is 0.243 e. The van der Waals surface area contributed by atoms with Gasteiger partial charge < -0.3 is 5.32 Å². The minimum atomic E-state index is -3.50. The van der Waals surface area contributed by atoms with Crippen molar-refractivity contribution in [1.29, 1.82) is 0 Å². The highest BCUT2D eigenvalue weighted by Gasteiger charge is 2.26. The van der Waals surface area contributed by atoms with Gasteiger partial charge in [-0.15, -0.1) is 0 Å². The lowest BCUT2D eigenvalue weighted by Crippen LogP contribution is -2.32. The molecule has 0 saturated carbocycles. The van der Waals surface area contributed by atoms with Crippen molar-refractivity contribution < 1.29 is 13.2 Å². The Balaban J connectivity index is 2.32. The van der Waals surface area contributed by atoms with Crippen LogP contribution in [0.2, 0.25) is 0 Å². The molecule has 1 amide bonds. The summed E-state index contributed by atoms with van der Waals surface area (Å²) < 4.78 is 27.3. The van der Waals surface area contributed by atoms with Crippen LogP contribution in [-0.2, 0) is 14.8 Å². The van der Waals surface area contributed by atoms with Crippen LogP contribution in [-0.4, -0.2) is 31.7 Å². The van der Waals surface area contributed by atoms with Crippen LogP contribution < -0.4 is 5.32 Å². The van der Waals surface area contributed by atoms with Gasteiger partial charge in [0.05, 0.1) is 4.90 Å². The number of rotatable bonds is 4. The number of nitrogens with one attached hydrogen (secondary N) is 1. The van der Waals surface area contributed by atoms with Gasteiger partial charge in [-0.05, 0) is 37.5 Å². The van der Waals surface area contributed by atoms with Crippen molar-refractivity contribution in [2.75, 3.05) is 18.4 Å². The first-order chi connectivity index (χ1) is 10.4. The lowest BCUT2D eigenvalue weighted by atomic mass is 10.2. The Hall–Kier alpha value is -1.40. The lowest BCUT2D eigenvalue weighted by Gasteiger charge is -2.21. The molecule has 1 heterocycles. The fourth-order valence-corrected chi connectivity index (χ4v) is 4.39. The average Bonchev–Trinajstić information content (AvgIpc) is 2.78. The third-order valence-electron chi connectivity index (χ3n) is 3.98. The molecule has 0 aliphatic carbocycles. The third-order valence-corrected chi connectivity index (χ3v) is 6.02. The maximum absolute atomic E-state index is 12.9. The fourth-order valence-electron chi connectivity index (χ4n) is 2.63. The number of aryl methyl sites for hydroxylation is 1. The van der Waals surface area contributed by atoms with Gasteiger partial charge in [-0.3, -0.25) is 4.79 Å². The molecular formula is C16H24N2O3S. The minimum absolute atomic E-state index is 0.123. The normalized spacial score (nSPS) is 17.0. The van der Waals surface area contributed by atoms with Gasteiger partial charge in [0.1, 0.15) is 0 Å². The summed E-state index contributed by atoms with van der Waals surface area (Å²) in [5.41, 5.74) is 1.24. The molecule has 122 valence electrons. The molecular weight excluding hydrogens is 300 g/mol. The summed E-state index contributed by atoms with van der Waals surface area (Å²) in [7, 11) is -3.50. The molecule has 1 fully saturated rings. The Morgan fingerprint density at radius 1 is 1.18 bits per heavy atom. The summed E-state index contributed by atoms with van der Waals surface area (Å²) in [6, 6.07) is 5.06. The molecule has 0 radical (unpaired) electrons. The second kappa shape index (κ2) is 7.24. The molecule has 0 aromatic heterocycles. The van der Waals surface area contributed by atoms with Gasteiger partial charge in [0, 0.05) is 25.2 Å². The molecule has 0 atom stereocenters. The molecule has 2 rings (SSSR count). The van der Waals surface area contributed by atoms with Gasteiger partial charge in [0.15, 0.2) is 0 Å². The van der Waals surface area contributed by atoms with E-state index < -0.39 is 10.0 Å². The van der Waals surface area contributed by atoms with Crippen LogP contribution in [0.25, 0.3) is 0 Å². The highest BCUT2D eigenvalue weighted by atomic mass is 32.2. The summed E-state index contributed by atoms with van der Waals surface area (Å²) in [5, 5.41) is 2.72. The van der Waals surface area contributed by atoms with Crippen LogP contribution in [0.4, 0.5) is 5.69 Å². The maximum Gasteiger partial charge on any atom is 0.243 e. The first-order valence-electron chi connectivity index (χ1n) is 7.86. The monoisotopic (exact) mass is 324 g/mol. The molecule has 5 nitrogen and oxygen atoms in total. The largest absolute Gasteiger partial charge is 0.326 e. The summed E-state index contributed by atoms with van der Waals surface area (Å²) in [5.74, 6) is -0.123. The molecule has 22 heavy (non-hydrogen) atoms. The number of carbonyl (C=O) groups is 1. The van der Waals surface area contributed by atoms with Gasteiger partial charge in [0.2, 0.25) is 15.9 Å². The predicted octanol–water partition coefficient (Wildman–Crippen LogP) is 2.91. The van der Waals surface area contributed by atoms with Crippen LogP contribution in [0.1, 0.15) is 44.6 Å². The van der Waals surface area contributed by atoms with E-state index in [-0.39, 0.29) is 5.91 Å². The van der Waals surface area contributed by atoms with E-state index in [4.69, 9.17) is 0 Å². The number of carbonyl (C=O) groups excluding carboxylic acids is 1. The minimum Gasteiger partial charge on any atom is -0.326 e. The molecule has 6 heteroatoms.